The summed E-state index contributed by atoms with van der Waals surface area (Å²) < 4.78 is 32.7. The number of aromatic nitrogens is 1. The van der Waals surface area contributed by atoms with E-state index in [1.54, 1.807) is 48.7 Å². The van der Waals surface area contributed by atoms with Gasteiger partial charge in [0.2, 0.25) is 15.9 Å². The van der Waals surface area contributed by atoms with Crippen LogP contribution in [0.2, 0.25) is 10.0 Å². The summed E-state index contributed by atoms with van der Waals surface area (Å²) in [5.41, 5.74) is 1.72. The maximum absolute atomic E-state index is 13.1. The van der Waals surface area contributed by atoms with Crippen LogP contribution in [0.5, 0.6) is 0 Å². The van der Waals surface area contributed by atoms with E-state index in [9.17, 15) is 13.2 Å². The number of nitrogens with zero attached hydrogens (tertiary/aromatic N) is 2. The third-order valence-corrected chi connectivity index (χ3v) is 7.01. The van der Waals surface area contributed by atoms with Crippen molar-refractivity contribution in [2.75, 3.05) is 17.1 Å². The largest absolute Gasteiger partial charge is 0.444 e. The van der Waals surface area contributed by atoms with Crippen LogP contribution in [-0.2, 0) is 21.4 Å². The molecule has 0 spiro atoms. The van der Waals surface area contributed by atoms with Crippen molar-refractivity contribution in [2.45, 2.75) is 13.0 Å². The van der Waals surface area contributed by atoms with Gasteiger partial charge in [0.15, 0.2) is 12.2 Å². The van der Waals surface area contributed by atoms with Crippen molar-refractivity contribution in [1.29, 1.82) is 0 Å². The summed E-state index contributed by atoms with van der Waals surface area (Å²) in [6, 6.07) is 11.8. The lowest BCUT2D eigenvalue weighted by Crippen LogP contribution is -2.34. The number of amides is 1. The second-order valence-electron chi connectivity index (χ2n) is 6.37. The summed E-state index contributed by atoms with van der Waals surface area (Å²) in [7, 11) is -2.38. The topological polar surface area (TPSA) is 92.5 Å². The van der Waals surface area contributed by atoms with Crippen LogP contribution in [0.1, 0.15) is 12.0 Å². The van der Waals surface area contributed by atoms with Gasteiger partial charge in [0.25, 0.3) is 0 Å². The van der Waals surface area contributed by atoms with Crippen molar-refractivity contribution >= 4 is 44.8 Å². The summed E-state index contributed by atoms with van der Waals surface area (Å²) in [6.45, 7) is -0.0306. The van der Waals surface area contributed by atoms with Crippen LogP contribution in [0.15, 0.2) is 59.5 Å². The van der Waals surface area contributed by atoms with E-state index in [1.807, 2.05) is 0 Å². The molecule has 7 nitrogen and oxygen atoms in total. The highest BCUT2D eigenvalue weighted by Gasteiger charge is 2.25. The Morgan fingerprint density at radius 2 is 1.90 bits per heavy atom. The van der Waals surface area contributed by atoms with Crippen molar-refractivity contribution in [3.63, 3.8) is 0 Å². The molecular weight excluding hydrogens is 449 g/mol. The number of sulfonamides is 1. The fraction of sp³-hybridized carbons (Fsp3) is 0.200. The number of rotatable bonds is 8. The first-order chi connectivity index (χ1) is 14.3. The first-order valence-corrected chi connectivity index (χ1v) is 11.3. The normalized spacial score (nSPS) is 11.3. The van der Waals surface area contributed by atoms with Crippen LogP contribution in [0.3, 0.4) is 0 Å². The van der Waals surface area contributed by atoms with Gasteiger partial charge < -0.3 is 9.73 Å². The molecule has 0 bridgehead atoms. The van der Waals surface area contributed by atoms with E-state index in [4.69, 9.17) is 27.6 Å². The molecule has 0 aliphatic carbocycles. The number of benzene rings is 2. The number of hydrogen-bond acceptors (Lipinski definition) is 5. The molecule has 0 unspecified atom stereocenters. The smallest absolute Gasteiger partial charge is 0.235 e. The molecule has 0 aliphatic heterocycles. The zero-order valence-electron chi connectivity index (χ0n) is 16.0. The molecule has 0 aliphatic rings. The van der Waals surface area contributed by atoms with Crippen LogP contribution in [-0.4, -0.2) is 32.1 Å². The summed E-state index contributed by atoms with van der Waals surface area (Å²) in [6.07, 6.45) is 2.73. The average Bonchev–Trinajstić information content (AvgIpc) is 3.28. The lowest BCUT2D eigenvalue weighted by molar-refractivity contribution is -0.120. The quantitative estimate of drug-likeness (QED) is 0.537. The summed E-state index contributed by atoms with van der Waals surface area (Å²) in [5.74, 6) is -0.150. The summed E-state index contributed by atoms with van der Waals surface area (Å²) in [4.78, 5) is 15.5. The Labute approximate surface area is 184 Å². The Morgan fingerprint density at radius 1 is 1.17 bits per heavy atom. The van der Waals surface area contributed by atoms with E-state index in [0.29, 0.717) is 22.0 Å². The predicted molar refractivity (Wildman–Crippen MR) is 117 cm³/mol. The predicted octanol–water partition coefficient (Wildman–Crippen LogP) is 4.12. The third-order valence-electron chi connectivity index (χ3n) is 4.42. The van der Waals surface area contributed by atoms with E-state index in [1.165, 1.54) is 17.7 Å². The molecule has 0 atom stereocenters. The number of halogens is 2. The van der Waals surface area contributed by atoms with Gasteiger partial charge in [0, 0.05) is 19.0 Å². The van der Waals surface area contributed by atoms with Gasteiger partial charge in [-0.1, -0.05) is 35.3 Å². The van der Waals surface area contributed by atoms with Gasteiger partial charge >= 0.3 is 0 Å². The SMILES string of the molecule is CNC(=O)CCS(=O)(=O)N(Cc1cccc(Cl)c1Cl)c1ccc(-c2cnco2)cc1. The van der Waals surface area contributed by atoms with E-state index < -0.39 is 10.0 Å². The minimum Gasteiger partial charge on any atom is -0.444 e. The number of nitrogens with one attached hydrogen (secondary N) is 1. The first kappa shape index (κ1) is 22.1. The van der Waals surface area contributed by atoms with E-state index in [-0.39, 0.29) is 29.6 Å². The van der Waals surface area contributed by atoms with E-state index in [0.717, 1.165) is 5.56 Å². The molecule has 1 amide bonds. The van der Waals surface area contributed by atoms with Crippen LogP contribution < -0.4 is 9.62 Å². The molecule has 3 aromatic rings. The zero-order chi connectivity index (χ0) is 21.7. The van der Waals surface area contributed by atoms with Crippen molar-refractivity contribution in [3.8, 4) is 11.3 Å². The Balaban J connectivity index is 1.96. The van der Waals surface area contributed by atoms with Gasteiger partial charge in [0.05, 0.1) is 34.2 Å². The lowest BCUT2D eigenvalue weighted by Gasteiger charge is -2.25. The maximum atomic E-state index is 13.1. The van der Waals surface area contributed by atoms with Gasteiger partial charge in [-0.3, -0.25) is 9.10 Å². The number of carbonyl (C=O) groups excluding carboxylic acids is 1. The van der Waals surface area contributed by atoms with Crippen molar-refractivity contribution in [1.82, 2.24) is 10.3 Å². The molecule has 1 aromatic heterocycles. The molecule has 0 saturated carbocycles. The molecule has 2 aromatic carbocycles. The minimum atomic E-state index is -3.84. The number of hydrogen-bond donors (Lipinski definition) is 1. The summed E-state index contributed by atoms with van der Waals surface area (Å²) in [5, 5.41) is 3.04. The monoisotopic (exact) mass is 467 g/mol. The molecule has 1 N–H and O–H groups in total. The second kappa shape index (κ2) is 9.51. The van der Waals surface area contributed by atoms with E-state index in [2.05, 4.69) is 10.3 Å². The fourth-order valence-electron chi connectivity index (χ4n) is 2.78. The van der Waals surface area contributed by atoms with Gasteiger partial charge in [-0.15, -0.1) is 0 Å². The van der Waals surface area contributed by atoms with Gasteiger partial charge in [-0.05, 0) is 35.9 Å². The Morgan fingerprint density at radius 3 is 2.53 bits per heavy atom. The van der Waals surface area contributed by atoms with Crippen molar-refractivity contribution < 1.29 is 17.6 Å². The highest BCUT2D eigenvalue weighted by atomic mass is 35.5. The zero-order valence-corrected chi connectivity index (χ0v) is 18.3. The molecule has 0 fully saturated rings. The van der Waals surface area contributed by atoms with Crippen LogP contribution >= 0.6 is 23.2 Å². The first-order valence-electron chi connectivity index (χ1n) is 8.94. The molecular formula is C20H19Cl2N3O4S. The standard InChI is InChI=1S/C20H19Cl2N3O4S/c1-23-19(26)9-10-30(27,28)25(12-15-3-2-4-17(21)20(15)22)16-7-5-14(6-8-16)18-11-24-13-29-18/h2-8,11,13H,9-10,12H2,1H3,(H,23,26). The molecule has 0 radical (unpaired) electrons. The third kappa shape index (κ3) is 5.13. The lowest BCUT2D eigenvalue weighted by atomic mass is 10.1. The van der Waals surface area contributed by atoms with Crippen molar-refractivity contribution in [3.05, 3.63) is 70.7 Å². The molecule has 0 saturated heterocycles. The number of carbonyl (C=O) groups is 1. The number of oxazole rings is 1. The fourth-order valence-corrected chi connectivity index (χ4v) is 4.60. The Hall–Kier alpha value is -2.55. The molecule has 10 heteroatoms. The minimum absolute atomic E-state index is 0.0306. The number of anilines is 1. The van der Waals surface area contributed by atoms with Crippen molar-refractivity contribution in [2.24, 2.45) is 0 Å². The van der Waals surface area contributed by atoms with Crippen LogP contribution in [0.25, 0.3) is 11.3 Å². The molecule has 30 heavy (non-hydrogen) atoms. The Kier molecular flexibility index (Phi) is 7.02. The highest BCUT2D eigenvalue weighted by Crippen LogP contribution is 2.30. The van der Waals surface area contributed by atoms with Gasteiger partial charge in [0.1, 0.15) is 0 Å². The summed E-state index contributed by atoms with van der Waals surface area (Å²) >= 11 is 12.4. The Bertz CT molecular complexity index is 1120. The molecule has 1 heterocycles. The second-order valence-corrected chi connectivity index (χ2v) is 9.17. The average molecular weight is 468 g/mol. The molecule has 3 rings (SSSR count). The van der Waals surface area contributed by atoms with Crippen LogP contribution in [0.4, 0.5) is 5.69 Å². The van der Waals surface area contributed by atoms with Crippen LogP contribution in [0, 0.1) is 0 Å². The van der Waals surface area contributed by atoms with Gasteiger partial charge in [-0.2, -0.15) is 0 Å². The maximum Gasteiger partial charge on any atom is 0.235 e. The van der Waals surface area contributed by atoms with Gasteiger partial charge in [-0.25, -0.2) is 13.4 Å². The molecule has 158 valence electrons. The highest BCUT2D eigenvalue weighted by molar-refractivity contribution is 7.92. The van der Waals surface area contributed by atoms with E-state index >= 15 is 0 Å².